The number of aromatic carboxylic acids is 1. The molecule has 3 rings (SSSR count). The Morgan fingerprint density at radius 3 is 2.77 bits per heavy atom. The Labute approximate surface area is 134 Å². The lowest BCUT2D eigenvalue weighted by Gasteiger charge is -2.21. The second-order valence-corrected chi connectivity index (χ2v) is 6.22. The molecule has 0 bridgehead atoms. The third kappa shape index (κ3) is 2.62. The lowest BCUT2D eigenvalue weighted by molar-refractivity contribution is 0.0699. The van der Waals surface area contributed by atoms with Crippen molar-refractivity contribution in [1.82, 2.24) is 9.88 Å². The molecular weight excluding hydrogens is 302 g/mol. The highest BCUT2D eigenvalue weighted by atomic mass is 35.5. The number of hydrogen-bond acceptors (Lipinski definition) is 4. The number of aromatic nitrogens is 1. The fraction of sp³-hybridized carbons (Fsp3) is 0.375. The number of carboxylic acids is 1. The van der Waals surface area contributed by atoms with Crippen molar-refractivity contribution >= 4 is 34.3 Å². The van der Waals surface area contributed by atoms with Gasteiger partial charge in [0.25, 0.3) is 0 Å². The van der Waals surface area contributed by atoms with Gasteiger partial charge in [0.05, 0.1) is 16.1 Å². The van der Waals surface area contributed by atoms with Gasteiger partial charge < -0.3 is 14.9 Å². The average molecular weight is 320 g/mol. The van der Waals surface area contributed by atoms with Crippen molar-refractivity contribution in [1.29, 1.82) is 0 Å². The van der Waals surface area contributed by atoms with Gasteiger partial charge in [-0.05, 0) is 44.8 Å². The van der Waals surface area contributed by atoms with Gasteiger partial charge in [0.1, 0.15) is 5.82 Å². The third-order valence-electron chi connectivity index (χ3n) is 4.24. The van der Waals surface area contributed by atoms with Crippen LogP contribution in [0.1, 0.15) is 16.8 Å². The molecule has 1 aliphatic heterocycles. The van der Waals surface area contributed by atoms with Gasteiger partial charge in [-0.2, -0.15) is 0 Å². The van der Waals surface area contributed by atoms with E-state index < -0.39 is 5.97 Å². The standard InChI is InChI=1S/C16H18ClN3O2/c1-19(2)10-7-8-20(9-10)14-6-3-11-13(18-14)5-4-12(17)15(11)16(21)22/h3-6,10H,7-9H2,1-2H3,(H,21,22)/t10-/m1/s1. The Balaban J connectivity index is 1.98. The summed E-state index contributed by atoms with van der Waals surface area (Å²) in [6, 6.07) is 7.57. The van der Waals surface area contributed by atoms with Crippen LogP contribution in [0.2, 0.25) is 5.02 Å². The van der Waals surface area contributed by atoms with Crippen molar-refractivity contribution < 1.29 is 9.90 Å². The molecule has 0 saturated carbocycles. The van der Waals surface area contributed by atoms with Gasteiger partial charge in [0.2, 0.25) is 0 Å². The van der Waals surface area contributed by atoms with Crippen molar-refractivity contribution in [3.63, 3.8) is 0 Å². The van der Waals surface area contributed by atoms with Crippen LogP contribution in [0.3, 0.4) is 0 Å². The minimum Gasteiger partial charge on any atom is -0.478 e. The number of pyridine rings is 1. The number of halogens is 1. The number of fused-ring (bicyclic) bond motifs is 1. The molecule has 0 unspecified atom stereocenters. The Bertz CT molecular complexity index is 733. The zero-order valence-electron chi connectivity index (χ0n) is 12.6. The molecule has 6 heteroatoms. The molecule has 1 atom stereocenters. The quantitative estimate of drug-likeness (QED) is 0.942. The van der Waals surface area contributed by atoms with Crippen LogP contribution in [-0.2, 0) is 0 Å². The van der Waals surface area contributed by atoms with Crippen molar-refractivity contribution in [3.8, 4) is 0 Å². The van der Waals surface area contributed by atoms with E-state index in [9.17, 15) is 9.90 Å². The number of carbonyl (C=O) groups is 1. The minimum atomic E-state index is -1.03. The normalized spacial score (nSPS) is 18.4. The van der Waals surface area contributed by atoms with E-state index in [1.54, 1.807) is 18.2 Å². The van der Waals surface area contributed by atoms with Gasteiger partial charge in [-0.1, -0.05) is 11.6 Å². The molecule has 0 aliphatic carbocycles. The third-order valence-corrected chi connectivity index (χ3v) is 4.55. The summed E-state index contributed by atoms with van der Waals surface area (Å²) in [5.41, 5.74) is 0.776. The summed E-state index contributed by atoms with van der Waals surface area (Å²) in [6.45, 7) is 1.89. The molecule has 1 aromatic carbocycles. The predicted octanol–water partition coefficient (Wildman–Crippen LogP) is 2.73. The molecule has 1 fully saturated rings. The maximum atomic E-state index is 11.4. The van der Waals surface area contributed by atoms with Crippen LogP contribution in [0.25, 0.3) is 10.9 Å². The first-order valence-corrected chi connectivity index (χ1v) is 7.59. The van der Waals surface area contributed by atoms with Crippen LogP contribution in [0.15, 0.2) is 24.3 Å². The Morgan fingerprint density at radius 1 is 1.36 bits per heavy atom. The summed E-state index contributed by atoms with van der Waals surface area (Å²) in [7, 11) is 4.17. The Hall–Kier alpha value is -1.85. The maximum absolute atomic E-state index is 11.4. The van der Waals surface area contributed by atoms with Gasteiger partial charge in [-0.25, -0.2) is 9.78 Å². The zero-order chi connectivity index (χ0) is 15.9. The lowest BCUT2D eigenvalue weighted by Crippen LogP contribution is -2.31. The van der Waals surface area contributed by atoms with E-state index in [-0.39, 0.29) is 10.6 Å². The van der Waals surface area contributed by atoms with E-state index in [0.29, 0.717) is 16.9 Å². The monoisotopic (exact) mass is 319 g/mol. The number of carboxylic acid groups (broad SMARTS) is 1. The number of benzene rings is 1. The highest BCUT2D eigenvalue weighted by Gasteiger charge is 2.25. The largest absolute Gasteiger partial charge is 0.478 e. The number of hydrogen-bond donors (Lipinski definition) is 1. The van der Waals surface area contributed by atoms with Gasteiger partial charge in [0.15, 0.2) is 0 Å². The summed E-state index contributed by atoms with van der Waals surface area (Å²) in [6.07, 6.45) is 1.10. The summed E-state index contributed by atoms with van der Waals surface area (Å²) in [5, 5.41) is 10.1. The fourth-order valence-corrected chi connectivity index (χ4v) is 3.18. The summed E-state index contributed by atoms with van der Waals surface area (Å²) in [4.78, 5) is 20.4. The Kier molecular flexibility index (Phi) is 3.93. The number of nitrogens with zero attached hydrogens (tertiary/aromatic N) is 3. The van der Waals surface area contributed by atoms with Gasteiger partial charge in [-0.15, -0.1) is 0 Å². The lowest BCUT2D eigenvalue weighted by atomic mass is 10.1. The smallest absolute Gasteiger partial charge is 0.337 e. The molecule has 1 aliphatic rings. The molecule has 5 nitrogen and oxygen atoms in total. The van der Waals surface area contributed by atoms with E-state index in [4.69, 9.17) is 11.6 Å². The first-order chi connectivity index (χ1) is 10.5. The SMILES string of the molecule is CN(C)[C@@H]1CCN(c2ccc3c(C(=O)O)c(Cl)ccc3n2)C1. The summed E-state index contributed by atoms with van der Waals surface area (Å²) < 4.78 is 0. The summed E-state index contributed by atoms with van der Waals surface area (Å²) in [5.74, 6) is -0.144. The van der Waals surface area contributed by atoms with Crippen LogP contribution < -0.4 is 4.90 Å². The molecule has 2 aromatic rings. The molecule has 1 saturated heterocycles. The van der Waals surface area contributed by atoms with Gasteiger partial charge in [0, 0.05) is 24.5 Å². The van der Waals surface area contributed by atoms with Crippen molar-refractivity contribution in [3.05, 3.63) is 34.9 Å². The Morgan fingerprint density at radius 2 is 2.14 bits per heavy atom. The molecule has 1 aromatic heterocycles. The van der Waals surface area contributed by atoms with Gasteiger partial charge in [-0.3, -0.25) is 0 Å². The van der Waals surface area contributed by atoms with Crippen molar-refractivity contribution in [2.45, 2.75) is 12.5 Å². The van der Waals surface area contributed by atoms with Gasteiger partial charge >= 0.3 is 5.97 Å². The number of likely N-dealkylation sites (N-methyl/N-ethyl adjacent to an activating group) is 1. The van der Waals surface area contributed by atoms with E-state index in [1.807, 2.05) is 6.07 Å². The van der Waals surface area contributed by atoms with E-state index in [2.05, 4.69) is 28.9 Å². The van der Waals surface area contributed by atoms with Crippen LogP contribution in [0, 0.1) is 0 Å². The maximum Gasteiger partial charge on any atom is 0.337 e. The minimum absolute atomic E-state index is 0.116. The number of rotatable bonds is 3. The molecule has 0 amide bonds. The molecule has 0 spiro atoms. The molecular formula is C16H18ClN3O2. The van der Waals surface area contributed by atoms with E-state index in [0.717, 1.165) is 25.3 Å². The first kappa shape index (κ1) is 15.1. The highest BCUT2D eigenvalue weighted by molar-refractivity contribution is 6.35. The molecule has 2 heterocycles. The van der Waals surface area contributed by atoms with E-state index >= 15 is 0 Å². The van der Waals surface area contributed by atoms with Crippen LogP contribution in [-0.4, -0.2) is 54.2 Å². The number of anilines is 1. The highest BCUT2D eigenvalue weighted by Crippen LogP contribution is 2.28. The molecule has 1 N–H and O–H groups in total. The average Bonchev–Trinajstić information content (AvgIpc) is 2.96. The van der Waals surface area contributed by atoms with Crippen LogP contribution in [0.4, 0.5) is 5.82 Å². The molecule has 116 valence electrons. The fourth-order valence-electron chi connectivity index (χ4n) is 2.93. The second-order valence-electron chi connectivity index (χ2n) is 5.82. The first-order valence-electron chi connectivity index (χ1n) is 7.21. The molecule has 22 heavy (non-hydrogen) atoms. The molecule has 0 radical (unpaired) electrons. The predicted molar refractivity (Wildman–Crippen MR) is 88.0 cm³/mol. The van der Waals surface area contributed by atoms with Crippen LogP contribution >= 0.6 is 11.6 Å². The second kappa shape index (κ2) is 5.74. The van der Waals surface area contributed by atoms with E-state index in [1.165, 1.54) is 0 Å². The van der Waals surface area contributed by atoms with Crippen molar-refractivity contribution in [2.75, 3.05) is 32.1 Å². The zero-order valence-corrected chi connectivity index (χ0v) is 13.3. The van der Waals surface area contributed by atoms with Crippen molar-refractivity contribution in [2.24, 2.45) is 0 Å². The van der Waals surface area contributed by atoms with Crippen LogP contribution in [0.5, 0.6) is 0 Å². The summed E-state index contributed by atoms with van der Waals surface area (Å²) >= 11 is 5.99. The topological polar surface area (TPSA) is 56.7 Å².